The summed E-state index contributed by atoms with van der Waals surface area (Å²) in [7, 11) is -1.93. The van der Waals surface area contributed by atoms with Crippen molar-refractivity contribution in [3.8, 4) is 0 Å². The number of benzene rings is 1. The lowest BCUT2D eigenvalue weighted by Gasteiger charge is -2.35. The van der Waals surface area contributed by atoms with Crippen molar-refractivity contribution in [2.45, 2.75) is 45.5 Å². The van der Waals surface area contributed by atoms with Crippen LogP contribution in [0.25, 0.3) is 11.0 Å². The monoisotopic (exact) mass is 324 g/mol. The van der Waals surface area contributed by atoms with Gasteiger partial charge in [-0.25, -0.2) is 9.18 Å². The van der Waals surface area contributed by atoms with Crippen LogP contribution in [0.2, 0.25) is 18.1 Å². The molecule has 22 heavy (non-hydrogen) atoms. The third-order valence-corrected chi connectivity index (χ3v) is 8.72. The predicted octanol–water partition coefficient (Wildman–Crippen LogP) is 4.79. The predicted molar refractivity (Wildman–Crippen MR) is 85.1 cm³/mol. The van der Waals surface area contributed by atoms with E-state index in [1.807, 2.05) is 0 Å². The number of carboxylic acid groups (broad SMARTS) is 1. The molecule has 4 nitrogen and oxygen atoms in total. The molecule has 6 heteroatoms. The van der Waals surface area contributed by atoms with Crippen LogP contribution in [0.15, 0.2) is 22.6 Å². The van der Waals surface area contributed by atoms with Crippen LogP contribution < -0.4 is 0 Å². The van der Waals surface area contributed by atoms with E-state index < -0.39 is 20.1 Å². The summed E-state index contributed by atoms with van der Waals surface area (Å²) < 4.78 is 25.1. The van der Waals surface area contributed by atoms with Crippen molar-refractivity contribution < 1.29 is 23.1 Å². The minimum absolute atomic E-state index is 0.0668. The number of halogens is 1. The van der Waals surface area contributed by atoms with Crippen molar-refractivity contribution in [3.63, 3.8) is 0 Å². The Morgan fingerprint density at radius 3 is 2.50 bits per heavy atom. The molecule has 0 bridgehead atoms. The molecule has 0 atom stereocenters. The molecule has 0 saturated carbocycles. The minimum atomic E-state index is -1.93. The molecule has 0 spiro atoms. The second kappa shape index (κ2) is 5.51. The van der Waals surface area contributed by atoms with Crippen molar-refractivity contribution in [1.29, 1.82) is 0 Å². The van der Waals surface area contributed by atoms with Gasteiger partial charge in [-0.1, -0.05) is 20.8 Å². The third-order valence-electron chi connectivity index (χ3n) is 4.24. The lowest BCUT2D eigenvalue weighted by atomic mass is 10.1. The Morgan fingerprint density at radius 2 is 1.95 bits per heavy atom. The summed E-state index contributed by atoms with van der Waals surface area (Å²) in [5.74, 6) is -1.30. The van der Waals surface area contributed by atoms with Gasteiger partial charge in [0.25, 0.3) is 0 Å². The number of carbonyl (C=O) groups is 1. The van der Waals surface area contributed by atoms with Gasteiger partial charge in [0.05, 0.1) is 6.61 Å². The van der Waals surface area contributed by atoms with Crippen molar-refractivity contribution >= 4 is 25.3 Å². The van der Waals surface area contributed by atoms with Gasteiger partial charge in [0, 0.05) is 5.39 Å². The molecule has 1 N–H and O–H groups in total. The van der Waals surface area contributed by atoms with Crippen LogP contribution in [-0.4, -0.2) is 19.4 Å². The first-order valence-corrected chi connectivity index (χ1v) is 10.0. The first-order chi connectivity index (χ1) is 10.0. The molecule has 1 aromatic heterocycles. The van der Waals surface area contributed by atoms with Gasteiger partial charge < -0.3 is 13.9 Å². The van der Waals surface area contributed by atoms with E-state index in [0.717, 1.165) is 6.07 Å². The number of furan rings is 1. The van der Waals surface area contributed by atoms with E-state index in [-0.39, 0.29) is 22.8 Å². The second-order valence-corrected chi connectivity index (χ2v) is 11.7. The molecule has 1 heterocycles. The van der Waals surface area contributed by atoms with Gasteiger partial charge in [-0.3, -0.25) is 0 Å². The number of rotatable bonds is 4. The summed E-state index contributed by atoms with van der Waals surface area (Å²) in [5, 5.41) is 9.63. The molecule has 0 aliphatic heterocycles. The number of hydrogen-bond donors (Lipinski definition) is 1. The fraction of sp³-hybridized carbons (Fsp3) is 0.438. The fourth-order valence-electron chi connectivity index (χ4n) is 1.87. The normalized spacial score (nSPS) is 12.8. The summed E-state index contributed by atoms with van der Waals surface area (Å²) in [4.78, 5) is 11.2. The molecule has 0 radical (unpaired) electrons. The molecule has 0 aliphatic carbocycles. The van der Waals surface area contributed by atoms with Gasteiger partial charge in [0.2, 0.25) is 0 Å². The van der Waals surface area contributed by atoms with Gasteiger partial charge in [-0.15, -0.1) is 0 Å². The Bertz CT molecular complexity index is 713. The summed E-state index contributed by atoms with van der Waals surface area (Å²) >= 11 is 0. The van der Waals surface area contributed by atoms with E-state index in [0.29, 0.717) is 11.1 Å². The third kappa shape index (κ3) is 3.23. The zero-order valence-electron chi connectivity index (χ0n) is 13.5. The Balaban J connectivity index is 2.31. The van der Waals surface area contributed by atoms with Crippen LogP contribution >= 0.6 is 0 Å². The maximum Gasteiger partial charge on any atom is 0.339 e. The topological polar surface area (TPSA) is 59.7 Å². The van der Waals surface area contributed by atoms with E-state index in [9.17, 15) is 9.18 Å². The summed E-state index contributed by atoms with van der Waals surface area (Å²) in [5.41, 5.74) is 0.0105. The Hall–Kier alpha value is -1.66. The van der Waals surface area contributed by atoms with Crippen LogP contribution in [0.3, 0.4) is 0 Å². The highest BCUT2D eigenvalue weighted by atomic mass is 28.4. The molecule has 0 aliphatic rings. The molecular weight excluding hydrogens is 303 g/mol. The standard InChI is InChI=1S/C16H21FO4Si/c1-16(2,3)22(4,5)20-9-12-7-10-6-11(17)8-13(15(18)19)14(10)21-12/h6-8H,9H2,1-5H3,(H,18,19). The molecule has 0 amide bonds. The quantitative estimate of drug-likeness (QED) is 0.821. The maximum atomic E-state index is 13.5. The fourth-order valence-corrected chi connectivity index (χ4v) is 2.80. The van der Waals surface area contributed by atoms with E-state index in [2.05, 4.69) is 33.9 Å². The Morgan fingerprint density at radius 1 is 1.32 bits per heavy atom. The lowest BCUT2D eigenvalue weighted by molar-refractivity contribution is 0.0697. The minimum Gasteiger partial charge on any atom is -0.478 e. The summed E-state index contributed by atoms with van der Waals surface area (Å²) in [6, 6.07) is 3.87. The average molecular weight is 324 g/mol. The average Bonchev–Trinajstić information content (AvgIpc) is 2.76. The van der Waals surface area contributed by atoms with Crippen LogP contribution in [0, 0.1) is 5.82 Å². The number of aromatic carboxylic acids is 1. The van der Waals surface area contributed by atoms with Crippen LogP contribution in [0.1, 0.15) is 36.9 Å². The molecule has 2 aromatic rings. The number of fused-ring (bicyclic) bond motifs is 1. The zero-order chi connectivity index (χ0) is 16.7. The van der Waals surface area contributed by atoms with E-state index in [1.54, 1.807) is 6.07 Å². The Labute approximate surface area is 130 Å². The van der Waals surface area contributed by atoms with Crippen molar-refractivity contribution in [3.05, 3.63) is 35.3 Å². The molecule has 0 fully saturated rings. The van der Waals surface area contributed by atoms with Crippen LogP contribution in [0.5, 0.6) is 0 Å². The van der Waals surface area contributed by atoms with Crippen molar-refractivity contribution in [2.75, 3.05) is 0 Å². The maximum absolute atomic E-state index is 13.5. The lowest BCUT2D eigenvalue weighted by Crippen LogP contribution is -2.40. The molecular formula is C16H21FO4Si. The second-order valence-electron chi connectivity index (χ2n) is 6.94. The van der Waals surface area contributed by atoms with Crippen LogP contribution in [-0.2, 0) is 11.0 Å². The van der Waals surface area contributed by atoms with Gasteiger partial charge in [0.1, 0.15) is 22.7 Å². The molecule has 0 unspecified atom stereocenters. The van der Waals surface area contributed by atoms with Crippen molar-refractivity contribution in [2.24, 2.45) is 0 Å². The summed E-state index contributed by atoms with van der Waals surface area (Å²) in [6.45, 7) is 10.9. The van der Waals surface area contributed by atoms with Crippen LogP contribution in [0.4, 0.5) is 4.39 Å². The Kier molecular flexibility index (Phi) is 4.19. The van der Waals surface area contributed by atoms with Gasteiger partial charge >= 0.3 is 5.97 Å². The number of carboxylic acids is 1. The van der Waals surface area contributed by atoms with Gasteiger partial charge in [-0.2, -0.15) is 0 Å². The highest BCUT2D eigenvalue weighted by molar-refractivity contribution is 6.74. The van der Waals surface area contributed by atoms with Gasteiger partial charge in [-0.05, 0) is 36.3 Å². The van der Waals surface area contributed by atoms with E-state index in [1.165, 1.54) is 6.07 Å². The smallest absolute Gasteiger partial charge is 0.339 e. The van der Waals surface area contributed by atoms with E-state index in [4.69, 9.17) is 13.9 Å². The van der Waals surface area contributed by atoms with Crippen molar-refractivity contribution in [1.82, 2.24) is 0 Å². The zero-order valence-corrected chi connectivity index (χ0v) is 14.5. The highest BCUT2D eigenvalue weighted by Gasteiger charge is 2.37. The van der Waals surface area contributed by atoms with E-state index >= 15 is 0 Å². The molecule has 1 aromatic carbocycles. The largest absolute Gasteiger partial charge is 0.478 e. The number of hydrogen-bond acceptors (Lipinski definition) is 3. The molecule has 2 rings (SSSR count). The highest BCUT2D eigenvalue weighted by Crippen LogP contribution is 2.37. The molecule has 0 saturated heterocycles. The molecule has 120 valence electrons. The first kappa shape index (κ1) is 16.7. The SMILES string of the molecule is CC(C)(C)[Si](C)(C)OCc1cc2cc(F)cc(C(=O)O)c2o1. The first-order valence-electron chi connectivity index (χ1n) is 7.10. The summed E-state index contributed by atoms with van der Waals surface area (Å²) in [6.07, 6.45) is 0. The van der Waals surface area contributed by atoms with Gasteiger partial charge in [0.15, 0.2) is 8.32 Å².